The molecule has 23 heavy (non-hydrogen) atoms. The summed E-state index contributed by atoms with van der Waals surface area (Å²) in [5.41, 5.74) is 1.32. The number of hydrogen-bond acceptors (Lipinski definition) is 3. The van der Waals surface area contributed by atoms with E-state index in [4.69, 9.17) is 4.74 Å². The molecule has 0 saturated carbocycles. The fourth-order valence-corrected chi connectivity index (χ4v) is 3.29. The van der Waals surface area contributed by atoms with E-state index in [9.17, 15) is 4.79 Å². The van der Waals surface area contributed by atoms with Gasteiger partial charge in [0, 0.05) is 32.6 Å². The van der Waals surface area contributed by atoms with E-state index in [1.165, 1.54) is 5.56 Å². The molecular weight excluding hydrogens is 288 g/mol. The fourth-order valence-electron chi connectivity index (χ4n) is 3.29. The SMILES string of the molecule is O=C(CC1C=CCC1)NCC1CN(Cc2ccccc2)CCO1. The third-order valence-electron chi connectivity index (χ3n) is 4.56. The van der Waals surface area contributed by atoms with Crippen molar-refractivity contribution in [1.82, 2.24) is 10.2 Å². The normalized spacial score (nSPS) is 24.7. The lowest BCUT2D eigenvalue weighted by atomic mass is 10.1. The summed E-state index contributed by atoms with van der Waals surface area (Å²) >= 11 is 0. The van der Waals surface area contributed by atoms with Crippen molar-refractivity contribution in [3.05, 3.63) is 48.0 Å². The number of nitrogens with one attached hydrogen (secondary N) is 1. The van der Waals surface area contributed by atoms with E-state index >= 15 is 0 Å². The van der Waals surface area contributed by atoms with E-state index in [1.54, 1.807) is 0 Å². The highest BCUT2D eigenvalue weighted by atomic mass is 16.5. The Hall–Kier alpha value is -1.65. The molecule has 0 bridgehead atoms. The Morgan fingerprint density at radius 3 is 2.96 bits per heavy atom. The first-order chi connectivity index (χ1) is 11.3. The van der Waals surface area contributed by atoms with Gasteiger partial charge in [0.15, 0.2) is 0 Å². The summed E-state index contributed by atoms with van der Waals surface area (Å²) in [7, 11) is 0. The number of benzene rings is 1. The van der Waals surface area contributed by atoms with E-state index in [-0.39, 0.29) is 12.0 Å². The third-order valence-corrected chi connectivity index (χ3v) is 4.56. The maximum Gasteiger partial charge on any atom is 0.220 e. The van der Waals surface area contributed by atoms with Gasteiger partial charge in [0.05, 0.1) is 12.7 Å². The van der Waals surface area contributed by atoms with Gasteiger partial charge in [-0.15, -0.1) is 0 Å². The Labute approximate surface area is 138 Å². The van der Waals surface area contributed by atoms with Crippen LogP contribution >= 0.6 is 0 Å². The lowest BCUT2D eigenvalue weighted by molar-refractivity contribution is -0.123. The number of morpholine rings is 1. The summed E-state index contributed by atoms with van der Waals surface area (Å²) in [5.74, 6) is 0.571. The molecule has 1 fully saturated rings. The topological polar surface area (TPSA) is 41.6 Å². The Bertz CT molecular complexity index is 529. The quantitative estimate of drug-likeness (QED) is 0.820. The van der Waals surface area contributed by atoms with Crippen LogP contribution in [-0.4, -0.2) is 43.2 Å². The average Bonchev–Trinajstić information content (AvgIpc) is 3.07. The Kier molecular flexibility index (Phi) is 5.83. The predicted molar refractivity (Wildman–Crippen MR) is 90.9 cm³/mol. The summed E-state index contributed by atoms with van der Waals surface area (Å²) in [4.78, 5) is 14.4. The van der Waals surface area contributed by atoms with Gasteiger partial charge in [0.25, 0.3) is 0 Å². The maximum absolute atomic E-state index is 12.0. The van der Waals surface area contributed by atoms with Crippen LogP contribution in [0.1, 0.15) is 24.8 Å². The highest BCUT2D eigenvalue weighted by molar-refractivity contribution is 5.76. The third kappa shape index (κ3) is 5.19. The zero-order valence-electron chi connectivity index (χ0n) is 13.6. The molecule has 0 radical (unpaired) electrons. The summed E-state index contributed by atoms with van der Waals surface area (Å²) in [5, 5.41) is 3.04. The smallest absolute Gasteiger partial charge is 0.220 e. The number of amides is 1. The molecule has 0 aromatic heterocycles. The van der Waals surface area contributed by atoms with E-state index in [0.29, 0.717) is 18.9 Å². The monoisotopic (exact) mass is 314 g/mol. The molecule has 1 aromatic carbocycles. The van der Waals surface area contributed by atoms with Crippen LogP contribution in [0.15, 0.2) is 42.5 Å². The second-order valence-corrected chi connectivity index (χ2v) is 6.49. The molecule has 3 rings (SSSR count). The summed E-state index contributed by atoms with van der Waals surface area (Å²) in [6.07, 6.45) is 7.26. The van der Waals surface area contributed by atoms with Crippen molar-refractivity contribution in [3.8, 4) is 0 Å². The Morgan fingerprint density at radius 1 is 1.30 bits per heavy atom. The lowest BCUT2D eigenvalue weighted by Crippen LogP contribution is -2.47. The minimum absolute atomic E-state index is 0.0931. The van der Waals surface area contributed by atoms with E-state index < -0.39 is 0 Å². The maximum atomic E-state index is 12.0. The minimum atomic E-state index is 0.0931. The van der Waals surface area contributed by atoms with Crippen LogP contribution in [0.2, 0.25) is 0 Å². The largest absolute Gasteiger partial charge is 0.374 e. The van der Waals surface area contributed by atoms with Gasteiger partial charge >= 0.3 is 0 Å². The van der Waals surface area contributed by atoms with Gasteiger partial charge in [-0.25, -0.2) is 0 Å². The van der Waals surface area contributed by atoms with Gasteiger partial charge in [-0.1, -0.05) is 42.5 Å². The molecular formula is C19H26N2O2. The van der Waals surface area contributed by atoms with Gasteiger partial charge in [-0.05, 0) is 24.3 Å². The number of hydrogen-bond donors (Lipinski definition) is 1. The minimum Gasteiger partial charge on any atom is -0.374 e. The van der Waals surface area contributed by atoms with Crippen molar-refractivity contribution in [3.63, 3.8) is 0 Å². The molecule has 1 aliphatic carbocycles. The van der Waals surface area contributed by atoms with Crippen LogP contribution in [0, 0.1) is 5.92 Å². The molecule has 1 heterocycles. The standard InChI is InChI=1S/C19H26N2O2/c22-19(12-16-6-4-5-7-16)20-13-18-15-21(10-11-23-18)14-17-8-2-1-3-9-17/h1-4,6,8-9,16,18H,5,7,10-15H2,(H,20,22). The Balaban J connectivity index is 1.39. The molecule has 0 spiro atoms. The van der Waals surface area contributed by atoms with Crippen LogP contribution in [0.4, 0.5) is 0 Å². The van der Waals surface area contributed by atoms with Crippen molar-refractivity contribution >= 4 is 5.91 Å². The van der Waals surface area contributed by atoms with Crippen LogP contribution < -0.4 is 5.32 Å². The first kappa shape index (κ1) is 16.2. The second-order valence-electron chi connectivity index (χ2n) is 6.49. The summed E-state index contributed by atoms with van der Waals surface area (Å²) in [6.45, 7) is 4.12. The van der Waals surface area contributed by atoms with Crippen LogP contribution in [0.25, 0.3) is 0 Å². The molecule has 1 N–H and O–H groups in total. The fraction of sp³-hybridized carbons (Fsp3) is 0.526. The summed E-state index contributed by atoms with van der Waals surface area (Å²) in [6, 6.07) is 10.5. The predicted octanol–water partition coefficient (Wildman–Crippen LogP) is 2.36. The van der Waals surface area contributed by atoms with Gasteiger partial charge < -0.3 is 10.1 Å². The Morgan fingerprint density at radius 2 is 2.17 bits per heavy atom. The first-order valence-electron chi connectivity index (χ1n) is 8.61. The molecule has 2 aliphatic rings. The van der Waals surface area contributed by atoms with Crippen molar-refractivity contribution in [2.75, 3.05) is 26.2 Å². The number of rotatable bonds is 6. The lowest BCUT2D eigenvalue weighted by Gasteiger charge is -2.33. The van der Waals surface area contributed by atoms with Gasteiger partial charge in [0.1, 0.15) is 0 Å². The molecule has 1 aliphatic heterocycles. The number of nitrogens with zero attached hydrogens (tertiary/aromatic N) is 1. The van der Waals surface area contributed by atoms with Crippen molar-refractivity contribution < 1.29 is 9.53 Å². The van der Waals surface area contributed by atoms with Crippen molar-refractivity contribution in [2.24, 2.45) is 5.92 Å². The second kappa shape index (κ2) is 8.27. The molecule has 1 saturated heterocycles. The van der Waals surface area contributed by atoms with Crippen molar-refractivity contribution in [2.45, 2.75) is 31.9 Å². The van der Waals surface area contributed by atoms with E-state index in [1.807, 2.05) is 6.07 Å². The van der Waals surface area contributed by atoms with E-state index in [2.05, 4.69) is 46.6 Å². The summed E-state index contributed by atoms with van der Waals surface area (Å²) < 4.78 is 5.80. The molecule has 1 aromatic rings. The van der Waals surface area contributed by atoms with Gasteiger partial charge in [-0.3, -0.25) is 9.69 Å². The number of carbonyl (C=O) groups is 1. The number of carbonyl (C=O) groups excluding carboxylic acids is 1. The van der Waals surface area contributed by atoms with Gasteiger partial charge in [0.2, 0.25) is 5.91 Å². The van der Waals surface area contributed by atoms with Gasteiger partial charge in [-0.2, -0.15) is 0 Å². The number of allylic oxidation sites excluding steroid dienone is 2. The highest BCUT2D eigenvalue weighted by Crippen LogP contribution is 2.20. The van der Waals surface area contributed by atoms with E-state index in [0.717, 1.165) is 39.1 Å². The van der Waals surface area contributed by atoms with Crippen LogP contribution in [0.3, 0.4) is 0 Å². The zero-order chi connectivity index (χ0) is 15.9. The molecule has 2 unspecified atom stereocenters. The first-order valence-corrected chi connectivity index (χ1v) is 8.61. The van der Waals surface area contributed by atoms with Crippen molar-refractivity contribution in [1.29, 1.82) is 0 Å². The molecule has 1 amide bonds. The number of ether oxygens (including phenoxy) is 1. The molecule has 4 nitrogen and oxygen atoms in total. The van der Waals surface area contributed by atoms with Crippen LogP contribution in [-0.2, 0) is 16.1 Å². The molecule has 2 atom stereocenters. The average molecular weight is 314 g/mol. The molecule has 124 valence electrons. The zero-order valence-corrected chi connectivity index (χ0v) is 13.6. The molecule has 4 heteroatoms. The highest BCUT2D eigenvalue weighted by Gasteiger charge is 2.21. The van der Waals surface area contributed by atoms with Crippen LogP contribution in [0.5, 0.6) is 0 Å².